The number of aliphatic carboxylic acids is 3. The highest BCUT2D eigenvalue weighted by Gasteiger charge is 2.28. The summed E-state index contributed by atoms with van der Waals surface area (Å²) in [5, 5.41) is 28.6. The van der Waals surface area contributed by atoms with Crippen molar-refractivity contribution in [1.82, 2.24) is 5.32 Å². The maximum Gasteiger partial charge on any atom is 0.326 e. The molecule has 2 aromatic rings. The molecule has 0 radical (unpaired) electrons. The first-order valence-electron chi connectivity index (χ1n) is 12.4. The van der Waals surface area contributed by atoms with Gasteiger partial charge in [0.25, 0.3) is 0 Å². The van der Waals surface area contributed by atoms with Crippen LogP contribution in [-0.2, 0) is 46.3 Å². The number of carboxylic acid groups (broad SMARTS) is 3. The van der Waals surface area contributed by atoms with Gasteiger partial charge >= 0.3 is 29.8 Å². The van der Waals surface area contributed by atoms with Crippen molar-refractivity contribution in [1.29, 1.82) is 0 Å². The van der Waals surface area contributed by atoms with Gasteiger partial charge in [-0.3, -0.25) is 24.0 Å². The Morgan fingerprint density at radius 3 is 1.75 bits per heavy atom. The predicted molar refractivity (Wildman–Crippen MR) is 142 cm³/mol. The molecule has 6 N–H and O–H groups in total. The first-order valence-corrected chi connectivity index (χ1v) is 12.4. The van der Waals surface area contributed by atoms with Crippen molar-refractivity contribution in [3.05, 3.63) is 71.8 Å². The summed E-state index contributed by atoms with van der Waals surface area (Å²) < 4.78 is 4.20. The van der Waals surface area contributed by atoms with Crippen molar-refractivity contribution in [2.45, 2.75) is 51.6 Å². The van der Waals surface area contributed by atoms with E-state index >= 15 is 0 Å². The lowest BCUT2D eigenvalue weighted by molar-refractivity contribution is -0.153. The maximum absolute atomic E-state index is 11.7. The predicted octanol–water partition coefficient (Wildman–Crippen LogP) is 1.65. The molecule has 2 aromatic carbocycles. The second kappa shape index (κ2) is 17.1. The SMILES string of the molecule is C[C@@H](CC(=O)O)C(=O)N[C@@H](Cc1ccccc1)C(=O)O.C[C@H]1CC(=O)OC1=O.N[C@H](Cc1ccccc1)C(=O)O. The second-order valence-electron chi connectivity index (χ2n) is 9.12. The number of benzene rings is 2. The summed E-state index contributed by atoms with van der Waals surface area (Å²) in [5.41, 5.74) is 7.08. The van der Waals surface area contributed by atoms with Crippen molar-refractivity contribution in [2.24, 2.45) is 17.6 Å². The van der Waals surface area contributed by atoms with Gasteiger partial charge in [-0.05, 0) is 17.5 Å². The summed E-state index contributed by atoms with van der Waals surface area (Å²) in [5.74, 6) is -5.56. The molecule has 0 saturated carbocycles. The number of carbonyl (C=O) groups is 6. The Morgan fingerprint density at radius 2 is 1.40 bits per heavy atom. The molecule has 1 heterocycles. The van der Waals surface area contributed by atoms with E-state index < -0.39 is 53.8 Å². The van der Waals surface area contributed by atoms with Crippen LogP contribution >= 0.6 is 0 Å². The lowest BCUT2D eigenvalue weighted by Crippen LogP contribution is -2.44. The molecule has 1 aliphatic heterocycles. The lowest BCUT2D eigenvalue weighted by atomic mass is 10.0. The molecule has 1 fully saturated rings. The number of ether oxygens (including phenoxy) is 1. The van der Waals surface area contributed by atoms with Crippen LogP contribution < -0.4 is 11.1 Å². The van der Waals surface area contributed by atoms with Crippen LogP contribution in [0, 0.1) is 11.8 Å². The number of cyclic esters (lactones) is 2. The molecule has 0 aliphatic carbocycles. The average Bonchev–Trinajstić information content (AvgIpc) is 3.19. The molecule has 0 spiro atoms. The Balaban J connectivity index is 0.000000336. The van der Waals surface area contributed by atoms with Crippen LogP contribution in [0.3, 0.4) is 0 Å². The molecule has 0 bridgehead atoms. The topological polar surface area (TPSA) is 210 Å². The van der Waals surface area contributed by atoms with Crippen LogP contribution in [0.25, 0.3) is 0 Å². The first kappa shape index (κ1) is 33.4. The average molecular weight is 559 g/mol. The van der Waals surface area contributed by atoms with Gasteiger partial charge in [-0.25, -0.2) is 4.79 Å². The zero-order valence-corrected chi connectivity index (χ0v) is 22.2. The molecule has 12 heteroatoms. The third-order valence-corrected chi connectivity index (χ3v) is 5.53. The minimum atomic E-state index is -1.15. The van der Waals surface area contributed by atoms with Gasteiger partial charge in [0.1, 0.15) is 12.1 Å². The second-order valence-corrected chi connectivity index (χ2v) is 9.12. The molecule has 12 nitrogen and oxygen atoms in total. The van der Waals surface area contributed by atoms with E-state index in [2.05, 4.69) is 10.1 Å². The summed E-state index contributed by atoms with van der Waals surface area (Å²) in [6.07, 6.45) is 0.459. The highest BCUT2D eigenvalue weighted by atomic mass is 16.6. The Labute approximate surface area is 231 Å². The molecule has 0 unspecified atom stereocenters. The van der Waals surface area contributed by atoms with Gasteiger partial charge in [0.2, 0.25) is 5.91 Å². The molecule has 1 amide bonds. The molecular formula is C28H34N2O10. The number of amides is 1. The standard InChI is InChI=1S/C14H17NO5.C9H11NO2.C5H6O3/c1-9(7-12(16)17)13(18)15-11(14(19)20)8-10-5-3-2-4-6-10;10-8(9(11)12)6-7-4-2-1-3-5-7;1-3-2-4(6)8-5(3)7/h2-6,9,11H,7-8H2,1H3,(H,15,18)(H,16,17)(H,19,20);1-5,8H,6,10H2,(H,11,12);3H,2H2,1H3/t9-,11-;8-;3-/m010/s1. The van der Waals surface area contributed by atoms with Crippen molar-refractivity contribution in [3.8, 4) is 0 Å². The van der Waals surface area contributed by atoms with E-state index in [0.717, 1.165) is 11.1 Å². The Morgan fingerprint density at radius 1 is 0.900 bits per heavy atom. The highest BCUT2D eigenvalue weighted by molar-refractivity contribution is 5.94. The fourth-order valence-electron chi connectivity index (χ4n) is 3.26. The summed E-state index contributed by atoms with van der Waals surface area (Å²) in [4.78, 5) is 64.4. The third-order valence-electron chi connectivity index (χ3n) is 5.53. The molecular weight excluding hydrogens is 524 g/mol. The van der Waals surface area contributed by atoms with E-state index in [-0.39, 0.29) is 25.2 Å². The van der Waals surface area contributed by atoms with Crippen LogP contribution in [0.15, 0.2) is 60.7 Å². The Kier molecular flexibility index (Phi) is 14.3. The number of hydrogen-bond acceptors (Lipinski definition) is 8. The van der Waals surface area contributed by atoms with Gasteiger partial charge < -0.3 is 31.1 Å². The molecule has 216 valence electrons. The number of rotatable bonds is 10. The Hall–Kier alpha value is -4.58. The van der Waals surface area contributed by atoms with Crippen LogP contribution in [0.4, 0.5) is 0 Å². The maximum atomic E-state index is 11.7. The van der Waals surface area contributed by atoms with Crippen LogP contribution in [0.1, 0.15) is 37.8 Å². The zero-order chi connectivity index (χ0) is 30.2. The number of nitrogens with two attached hydrogens (primary N) is 1. The van der Waals surface area contributed by atoms with E-state index in [1.54, 1.807) is 31.2 Å². The monoisotopic (exact) mass is 558 g/mol. The number of carboxylic acids is 3. The van der Waals surface area contributed by atoms with Gasteiger partial charge in [-0.2, -0.15) is 0 Å². The van der Waals surface area contributed by atoms with E-state index in [9.17, 15) is 28.8 Å². The zero-order valence-electron chi connectivity index (χ0n) is 22.2. The van der Waals surface area contributed by atoms with Gasteiger partial charge in [-0.15, -0.1) is 0 Å². The number of esters is 2. The van der Waals surface area contributed by atoms with Crippen molar-refractivity contribution in [3.63, 3.8) is 0 Å². The molecule has 0 aromatic heterocycles. The van der Waals surface area contributed by atoms with Gasteiger partial charge in [0, 0.05) is 12.3 Å². The molecule has 1 saturated heterocycles. The highest BCUT2D eigenvalue weighted by Crippen LogP contribution is 2.13. The van der Waals surface area contributed by atoms with E-state index in [4.69, 9.17) is 21.1 Å². The van der Waals surface area contributed by atoms with Gasteiger partial charge in [0.05, 0.1) is 18.8 Å². The minimum Gasteiger partial charge on any atom is -0.481 e. The van der Waals surface area contributed by atoms with Gasteiger partial charge in [0.15, 0.2) is 0 Å². The summed E-state index contributed by atoms with van der Waals surface area (Å²) in [7, 11) is 0. The lowest BCUT2D eigenvalue weighted by Gasteiger charge is -2.17. The number of nitrogens with one attached hydrogen (secondary N) is 1. The number of hydrogen-bond donors (Lipinski definition) is 5. The quantitative estimate of drug-likeness (QED) is 0.209. The van der Waals surface area contributed by atoms with Gasteiger partial charge in [-0.1, -0.05) is 74.5 Å². The smallest absolute Gasteiger partial charge is 0.326 e. The molecule has 4 atom stereocenters. The third kappa shape index (κ3) is 13.3. The fraction of sp³-hybridized carbons (Fsp3) is 0.357. The summed E-state index contributed by atoms with van der Waals surface area (Å²) >= 11 is 0. The van der Waals surface area contributed by atoms with Crippen molar-refractivity contribution in [2.75, 3.05) is 0 Å². The summed E-state index contributed by atoms with van der Waals surface area (Å²) in [6.45, 7) is 3.12. The van der Waals surface area contributed by atoms with Crippen molar-refractivity contribution >= 4 is 35.8 Å². The minimum absolute atomic E-state index is 0.154. The molecule has 1 aliphatic rings. The largest absolute Gasteiger partial charge is 0.481 e. The van der Waals surface area contributed by atoms with Crippen LogP contribution in [0.2, 0.25) is 0 Å². The van der Waals surface area contributed by atoms with Crippen LogP contribution in [-0.4, -0.2) is 63.2 Å². The fourth-order valence-corrected chi connectivity index (χ4v) is 3.26. The Bertz CT molecular complexity index is 1150. The van der Waals surface area contributed by atoms with Crippen molar-refractivity contribution < 1.29 is 48.8 Å². The van der Waals surface area contributed by atoms with E-state index in [1.807, 2.05) is 36.4 Å². The normalized spacial score (nSPS) is 16.0. The number of carbonyl (C=O) groups excluding carboxylic acids is 3. The van der Waals surface area contributed by atoms with E-state index in [1.165, 1.54) is 6.92 Å². The molecule has 40 heavy (non-hydrogen) atoms. The van der Waals surface area contributed by atoms with Crippen LogP contribution in [0.5, 0.6) is 0 Å². The molecule has 3 rings (SSSR count). The first-order chi connectivity index (χ1) is 18.8. The van der Waals surface area contributed by atoms with E-state index in [0.29, 0.717) is 6.42 Å². The summed E-state index contributed by atoms with van der Waals surface area (Å²) in [6, 6.07) is 16.4.